The molecule has 128 valence electrons. The van der Waals surface area contributed by atoms with Gasteiger partial charge in [0.2, 0.25) is 0 Å². The van der Waals surface area contributed by atoms with Crippen LogP contribution >= 0.6 is 23.2 Å². The number of aromatic hydroxyl groups is 1. The molecule has 0 fully saturated rings. The molecule has 0 spiro atoms. The number of rotatable bonds is 2. The minimum Gasteiger partial charge on any atom is -0.506 e. The number of nitro benzene ring substituents is 1. The number of nitrogens with one attached hydrogen (secondary N) is 1. The Morgan fingerprint density at radius 1 is 1.20 bits per heavy atom. The molecule has 0 saturated carbocycles. The van der Waals surface area contributed by atoms with E-state index in [1.165, 1.54) is 12.1 Å². The van der Waals surface area contributed by atoms with Gasteiger partial charge in [0.25, 0.3) is 5.69 Å². The molecule has 0 radical (unpaired) electrons. The van der Waals surface area contributed by atoms with Crippen LogP contribution in [-0.2, 0) is 0 Å². The van der Waals surface area contributed by atoms with E-state index in [1.54, 1.807) is 18.2 Å². The molecule has 4 rings (SSSR count). The molecule has 7 heteroatoms. The van der Waals surface area contributed by atoms with Crippen LogP contribution in [0.25, 0.3) is 0 Å². The first-order valence-electron chi connectivity index (χ1n) is 7.85. The lowest BCUT2D eigenvalue weighted by Crippen LogP contribution is -2.29. The number of phenols is 1. The number of hydrogen-bond acceptors (Lipinski definition) is 4. The Kier molecular flexibility index (Phi) is 3.85. The predicted molar refractivity (Wildman–Crippen MR) is 97.6 cm³/mol. The van der Waals surface area contributed by atoms with E-state index in [0.717, 1.165) is 17.7 Å². The van der Waals surface area contributed by atoms with E-state index < -0.39 is 0 Å². The van der Waals surface area contributed by atoms with Crippen LogP contribution in [0.5, 0.6) is 5.75 Å². The number of hydrogen-bond donors (Lipinski definition) is 2. The van der Waals surface area contributed by atoms with Crippen molar-refractivity contribution in [3.63, 3.8) is 0 Å². The molecule has 25 heavy (non-hydrogen) atoms. The number of nitro groups is 1. The largest absolute Gasteiger partial charge is 0.506 e. The molecule has 2 N–H and O–H groups in total. The first-order valence-corrected chi connectivity index (χ1v) is 8.60. The Labute approximate surface area is 154 Å². The molecule has 1 aliphatic carbocycles. The predicted octanol–water partition coefficient (Wildman–Crippen LogP) is 5.43. The molecule has 1 aliphatic heterocycles. The maximum Gasteiger partial charge on any atom is 0.269 e. The fourth-order valence-corrected chi connectivity index (χ4v) is 4.34. The summed E-state index contributed by atoms with van der Waals surface area (Å²) in [6.07, 6.45) is 4.94. The zero-order chi connectivity index (χ0) is 17.7. The van der Waals surface area contributed by atoms with Gasteiger partial charge in [-0.2, -0.15) is 0 Å². The van der Waals surface area contributed by atoms with E-state index in [1.807, 2.05) is 0 Å². The van der Waals surface area contributed by atoms with Gasteiger partial charge in [0.1, 0.15) is 5.75 Å². The topological polar surface area (TPSA) is 75.4 Å². The van der Waals surface area contributed by atoms with Gasteiger partial charge in [-0.25, -0.2) is 0 Å². The zero-order valence-corrected chi connectivity index (χ0v) is 14.5. The number of phenolic OH excluding ortho intramolecular Hbond substituents is 1. The van der Waals surface area contributed by atoms with Crippen molar-refractivity contribution in [1.82, 2.24) is 0 Å². The summed E-state index contributed by atoms with van der Waals surface area (Å²) in [6.45, 7) is 0. The molecule has 3 unspecified atom stereocenters. The van der Waals surface area contributed by atoms with Gasteiger partial charge < -0.3 is 10.4 Å². The maximum atomic E-state index is 11.1. The van der Waals surface area contributed by atoms with E-state index in [0.29, 0.717) is 10.6 Å². The number of anilines is 1. The number of non-ortho nitro benzene ring substituents is 1. The third-order valence-corrected chi connectivity index (χ3v) is 5.46. The minimum absolute atomic E-state index is 0.0135. The lowest BCUT2D eigenvalue weighted by molar-refractivity contribution is -0.384. The number of halogens is 2. The second kappa shape index (κ2) is 5.93. The highest BCUT2D eigenvalue weighted by molar-refractivity contribution is 6.35. The van der Waals surface area contributed by atoms with Crippen molar-refractivity contribution in [3.8, 4) is 5.75 Å². The third kappa shape index (κ3) is 2.64. The SMILES string of the molecule is O=[N+]([O-])c1ccc2c(c1)C1C=CCC1C(c1cc(Cl)cc(Cl)c1O)N2. The van der Waals surface area contributed by atoms with Crippen molar-refractivity contribution in [2.24, 2.45) is 5.92 Å². The van der Waals surface area contributed by atoms with Crippen LogP contribution in [0.1, 0.15) is 29.5 Å². The van der Waals surface area contributed by atoms with Gasteiger partial charge in [0, 0.05) is 34.3 Å². The Morgan fingerprint density at radius 2 is 2.00 bits per heavy atom. The lowest BCUT2D eigenvalue weighted by Gasteiger charge is -2.37. The van der Waals surface area contributed by atoms with Crippen LogP contribution in [0.3, 0.4) is 0 Å². The van der Waals surface area contributed by atoms with Crippen molar-refractivity contribution in [1.29, 1.82) is 0 Å². The number of benzene rings is 2. The van der Waals surface area contributed by atoms with Crippen LogP contribution in [0, 0.1) is 16.0 Å². The van der Waals surface area contributed by atoms with E-state index >= 15 is 0 Å². The van der Waals surface area contributed by atoms with Gasteiger partial charge in [-0.15, -0.1) is 0 Å². The van der Waals surface area contributed by atoms with Gasteiger partial charge in [-0.1, -0.05) is 35.4 Å². The molecule has 0 aromatic heterocycles. The number of fused-ring (bicyclic) bond motifs is 3. The highest BCUT2D eigenvalue weighted by Crippen LogP contribution is 2.52. The van der Waals surface area contributed by atoms with Crippen LogP contribution in [0.2, 0.25) is 10.0 Å². The summed E-state index contributed by atoms with van der Waals surface area (Å²) < 4.78 is 0. The summed E-state index contributed by atoms with van der Waals surface area (Å²) in [7, 11) is 0. The van der Waals surface area contributed by atoms with Crippen molar-refractivity contribution in [2.75, 3.05) is 5.32 Å². The minimum atomic E-state index is -0.386. The molecule has 0 saturated heterocycles. The van der Waals surface area contributed by atoms with Gasteiger partial charge in [0.15, 0.2) is 0 Å². The van der Waals surface area contributed by atoms with Crippen LogP contribution in [0.4, 0.5) is 11.4 Å². The lowest BCUT2D eigenvalue weighted by atomic mass is 9.76. The molecule has 0 amide bonds. The molecule has 3 atom stereocenters. The molecule has 0 bridgehead atoms. The summed E-state index contributed by atoms with van der Waals surface area (Å²) >= 11 is 12.2. The van der Waals surface area contributed by atoms with Gasteiger partial charge in [-0.05, 0) is 36.1 Å². The monoisotopic (exact) mass is 376 g/mol. The Hall–Kier alpha value is -2.24. The Morgan fingerprint density at radius 3 is 2.76 bits per heavy atom. The second-order valence-corrected chi connectivity index (χ2v) is 7.17. The summed E-state index contributed by atoms with van der Waals surface area (Å²) in [5, 5.41) is 25.6. The summed E-state index contributed by atoms with van der Waals surface area (Å²) in [6, 6.07) is 7.85. The Balaban J connectivity index is 1.82. The van der Waals surface area contributed by atoms with Crippen LogP contribution in [-0.4, -0.2) is 10.0 Å². The summed E-state index contributed by atoms with van der Waals surface area (Å²) in [4.78, 5) is 10.7. The molecular formula is C18H14Cl2N2O3. The van der Waals surface area contributed by atoms with E-state index in [-0.39, 0.29) is 39.3 Å². The third-order valence-electron chi connectivity index (χ3n) is 4.95. The average Bonchev–Trinajstić information content (AvgIpc) is 3.07. The molecule has 2 aromatic carbocycles. The van der Waals surface area contributed by atoms with Crippen LogP contribution < -0.4 is 5.32 Å². The smallest absolute Gasteiger partial charge is 0.269 e. The zero-order valence-electron chi connectivity index (χ0n) is 12.9. The number of nitrogens with zero attached hydrogens (tertiary/aromatic N) is 1. The summed E-state index contributed by atoms with van der Waals surface area (Å²) in [5.41, 5.74) is 2.43. The van der Waals surface area contributed by atoms with Gasteiger partial charge >= 0.3 is 0 Å². The molecular weight excluding hydrogens is 363 g/mol. The Bertz CT molecular complexity index is 913. The fraction of sp³-hybridized carbons (Fsp3) is 0.222. The van der Waals surface area contributed by atoms with Crippen molar-refractivity contribution >= 4 is 34.6 Å². The first kappa shape index (κ1) is 16.2. The molecule has 2 aliphatic rings. The van der Waals surface area contributed by atoms with Gasteiger partial charge in [0.05, 0.1) is 16.0 Å². The highest BCUT2D eigenvalue weighted by Gasteiger charge is 2.39. The second-order valence-electron chi connectivity index (χ2n) is 6.33. The normalized spacial score (nSPS) is 23.7. The van der Waals surface area contributed by atoms with Crippen molar-refractivity contribution < 1.29 is 10.0 Å². The van der Waals surface area contributed by atoms with Crippen molar-refractivity contribution in [3.05, 3.63) is 73.8 Å². The summed E-state index contributed by atoms with van der Waals surface area (Å²) in [5.74, 6) is 0.174. The van der Waals surface area contributed by atoms with E-state index in [4.69, 9.17) is 23.2 Å². The quantitative estimate of drug-likeness (QED) is 0.416. The van der Waals surface area contributed by atoms with E-state index in [2.05, 4.69) is 17.5 Å². The average molecular weight is 377 g/mol. The van der Waals surface area contributed by atoms with Crippen molar-refractivity contribution in [2.45, 2.75) is 18.4 Å². The first-order chi connectivity index (χ1) is 12.0. The maximum absolute atomic E-state index is 11.1. The van der Waals surface area contributed by atoms with Crippen LogP contribution in [0.15, 0.2) is 42.5 Å². The molecule has 5 nitrogen and oxygen atoms in total. The molecule has 2 aromatic rings. The number of allylic oxidation sites excluding steroid dienone is 2. The van der Waals surface area contributed by atoms with E-state index in [9.17, 15) is 15.2 Å². The highest BCUT2D eigenvalue weighted by atomic mass is 35.5. The standard InChI is InChI=1S/C18H14Cl2N2O3/c19-9-6-14(18(23)15(20)7-9)17-12-3-1-2-11(12)13-8-10(22(24)25)4-5-16(13)21-17/h1-2,4-8,11-12,17,21,23H,3H2. The molecule has 1 heterocycles. The van der Waals surface area contributed by atoms with Gasteiger partial charge in [-0.3, -0.25) is 10.1 Å². The fourth-order valence-electron chi connectivity index (χ4n) is 3.83.